The van der Waals surface area contributed by atoms with E-state index in [-0.39, 0.29) is 18.3 Å². The van der Waals surface area contributed by atoms with Gasteiger partial charge in [-0.05, 0) is 18.0 Å². The minimum atomic E-state index is -0.460. The highest BCUT2D eigenvalue weighted by molar-refractivity contribution is 7.11. The Balaban J connectivity index is 2.24. The predicted molar refractivity (Wildman–Crippen MR) is 65.3 cm³/mol. The quantitative estimate of drug-likeness (QED) is 0.759. The molecular formula is C10H15N3O3S. The van der Waals surface area contributed by atoms with Crippen LogP contribution in [0.25, 0.3) is 0 Å². The zero-order valence-electron chi connectivity index (χ0n) is 9.55. The maximum absolute atomic E-state index is 11.6. The normalized spacial score (nSPS) is 19.6. The van der Waals surface area contributed by atoms with Crippen LogP contribution in [0.2, 0.25) is 0 Å². The molecular weight excluding hydrogens is 242 g/mol. The van der Waals surface area contributed by atoms with Crippen molar-refractivity contribution in [1.29, 1.82) is 0 Å². The fourth-order valence-electron chi connectivity index (χ4n) is 1.97. The SMILES string of the molecule is COC(=O)c1c(N)nsc1N1CCC(CO)C1. The highest BCUT2D eigenvalue weighted by Gasteiger charge is 2.29. The molecule has 0 spiro atoms. The first kappa shape index (κ1) is 12.1. The van der Waals surface area contributed by atoms with Gasteiger partial charge in [-0.25, -0.2) is 4.79 Å². The van der Waals surface area contributed by atoms with Crippen molar-refractivity contribution < 1.29 is 14.6 Å². The fourth-order valence-corrected chi connectivity index (χ4v) is 2.81. The molecule has 1 atom stereocenters. The molecule has 1 aliphatic rings. The van der Waals surface area contributed by atoms with Crippen LogP contribution in [-0.2, 0) is 4.74 Å². The van der Waals surface area contributed by atoms with Gasteiger partial charge in [-0.3, -0.25) is 0 Å². The van der Waals surface area contributed by atoms with Crippen molar-refractivity contribution in [3.05, 3.63) is 5.56 Å². The van der Waals surface area contributed by atoms with E-state index < -0.39 is 5.97 Å². The molecule has 6 nitrogen and oxygen atoms in total. The molecule has 17 heavy (non-hydrogen) atoms. The number of hydrogen-bond donors (Lipinski definition) is 2. The first-order valence-corrected chi connectivity index (χ1v) is 6.14. The van der Waals surface area contributed by atoms with Crippen LogP contribution in [0.5, 0.6) is 0 Å². The van der Waals surface area contributed by atoms with Gasteiger partial charge in [0.2, 0.25) is 0 Å². The van der Waals surface area contributed by atoms with Crippen LogP contribution in [0.4, 0.5) is 10.8 Å². The van der Waals surface area contributed by atoms with Crippen molar-refractivity contribution in [3.63, 3.8) is 0 Å². The molecule has 0 radical (unpaired) electrons. The molecule has 3 N–H and O–H groups in total. The second-order valence-corrected chi connectivity index (χ2v) is 4.77. The van der Waals surface area contributed by atoms with Crippen LogP contribution < -0.4 is 10.6 Å². The molecule has 1 saturated heterocycles. The standard InChI is InChI=1S/C10H15N3O3S/c1-16-10(15)7-8(11)12-17-9(7)13-3-2-6(4-13)5-14/h6,14H,2-5H2,1H3,(H2,11,12). The number of aliphatic hydroxyl groups is 1. The first-order valence-electron chi connectivity index (χ1n) is 5.36. The third-order valence-corrected chi connectivity index (χ3v) is 3.84. The van der Waals surface area contributed by atoms with Gasteiger partial charge >= 0.3 is 5.97 Å². The Morgan fingerprint density at radius 2 is 2.53 bits per heavy atom. The molecule has 0 aromatic carbocycles. The lowest BCUT2D eigenvalue weighted by Crippen LogP contribution is -2.22. The second kappa shape index (κ2) is 4.89. The number of aromatic nitrogens is 1. The average Bonchev–Trinajstić information content (AvgIpc) is 2.94. The van der Waals surface area contributed by atoms with Gasteiger partial charge in [0, 0.05) is 25.6 Å². The van der Waals surface area contributed by atoms with Crippen molar-refractivity contribution in [2.24, 2.45) is 5.92 Å². The Labute approximate surface area is 103 Å². The summed E-state index contributed by atoms with van der Waals surface area (Å²) < 4.78 is 8.70. The van der Waals surface area contributed by atoms with E-state index in [9.17, 15) is 4.79 Å². The number of methoxy groups -OCH3 is 1. The average molecular weight is 257 g/mol. The molecule has 94 valence electrons. The number of nitrogens with two attached hydrogens (primary N) is 1. The number of hydrogen-bond acceptors (Lipinski definition) is 7. The molecule has 1 aromatic rings. The molecule has 1 aromatic heterocycles. The fraction of sp³-hybridized carbons (Fsp3) is 0.600. The van der Waals surface area contributed by atoms with Gasteiger partial charge in [0.25, 0.3) is 0 Å². The summed E-state index contributed by atoms with van der Waals surface area (Å²) in [5, 5.41) is 9.85. The Morgan fingerprint density at radius 3 is 3.12 bits per heavy atom. The smallest absolute Gasteiger partial charge is 0.344 e. The monoisotopic (exact) mass is 257 g/mol. The predicted octanol–water partition coefficient (Wildman–Crippen LogP) is 0.330. The Kier molecular flexibility index (Phi) is 3.49. The maximum atomic E-state index is 11.6. The van der Waals surface area contributed by atoms with Crippen LogP contribution in [-0.4, -0.2) is 42.3 Å². The number of nitrogen functional groups attached to an aromatic ring is 1. The summed E-state index contributed by atoms with van der Waals surface area (Å²) in [5.74, 6) is 0.00631. The van der Waals surface area contributed by atoms with Gasteiger partial charge in [-0.15, -0.1) is 0 Å². The number of carbonyl (C=O) groups excluding carboxylic acids is 1. The lowest BCUT2D eigenvalue weighted by atomic mass is 10.1. The van der Waals surface area contributed by atoms with Crippen LogP contribution >= 0.6 is 11.5 Å². The molecule has 1 unspecified atom stereocenters. The van der Waals surface area contributed by atoms with E-state index in [2.05, 4.69) is 4.37 Å². The molecule has 0 amide bonds. The maximum Gasteiger partial charge on any atom is 0.344 e. The summed E-state index contributed by atoms with van der Waals surface area (Å²) in [5.41, 5.74) is 6.02. The summed E-state index contributed by atoms with van der Waals surface area (Å²) in [6.45, 7) is 1.69. The third-order valence-electron chi connectivity index (χ3n) is 2.92. The van der Waals surface area contributed by atoms with Crippen molar-refractivity contribution in [2.45, 2.75) is 6.42 Å². The van der Waals surface area contributed by atoms with Crippen LogP contribution in [0, 0.1) is 5.92 Å². The Morgan fingerprint density at radius 1 is 1.76 bits per heavy atom. The molecule has 1 fully saturated rings. The topological polar surface area (TPSA) is 88.7 Å². The van der Waals surface area contributed by atoms with Gasteiger partial charge < -0.3 is 20.5 Å². The summed E-state index contributed by atoms with van der Waals surface area (Å²) in [6.07, 6.45) is 0.912. The molecule has 1 aliphatic heterocycles. The molecule has 0 aliphatic carbocycles. The van der Waals surface area contributed by atoms with Crippen molar-refractivity contribution in [3.8, 4) is 0 Å². The highest BCUT2D eigenvalue weighted by atomic mass is 32.1. The number of anilines is 2. The highest BCUT2D eigenvalue weighted by Crippen LogP contribution is 2.34. The van der Waals surface area contributed by atoms with E-state index in [1.165, 1.54) is 18.6 Å². The van der Waals surface area contributed by atoms with Gasteiger partial charge in [0.15, 0.2) is 5.82 Å². The molecule has 7 heteroatoms. The van der Waals surface area contributed by atoms with E-state index in [1.54, 1.807) is 0 Å². The second-order valence-electron chi connectivity index (χ2n) is 4.02. The minimum absolute atomic E-state index is 0.165. The number of ether oxygens (including phenoxy) is 1. The lowest BCUT2D eigenvalue weighted by Gasteiger charge is -2.16. The Hall–Kier alpha value is -1.34. The van der Waals surface area contributed by atoms with Gasteiger partial charge in [0.1, 0.15) is 10.6 Å². The van der Waals surface area contributed by atoms with Crippen molar-refractivity contribution in [1.82, 2.24) is 4.37 Å². The van der Waals surface area contributed by atoms with E-state index in [0.717, 1.165) is 24.5 Å². The van der Waals surface area contributed by atoms with Gasteiger partial charge in [-0.1, -0.05) is 0 Å². The zero-order chi connectivity index (χ0) is 12.4. The summed E-state index contributed by atoms with van der Waals surface area (Å²) in [7, 11) is 1.32. The summed E-state index contributed by atoms with van der Waals surface area (Å²) in [4.78, 5) is 13.6. The number of esters is 1. The summed E-state index contributed by atoms with van der Waals surface area (Å²) >= 11 is 1.20. The number of aliphatic hydroxyl groups excluding tert-OH is 1. The van der Waals surface area contributed by atoms with E-state index in [0.29, 0.717) is 5.56 Å². The van der Waals surface area contributed by atoms with E-state index >= 15 is 0 Å². The molecule has 0 saturated carbocycles. The first-order chi connectivity index (χ1) is 8.17. The molecule has 0 bridgehead atoms. The summed E-state index contributed by atoms with van der Waals surface area (Å²) in [6, 6.07) is 0. The molecule has 2 heterocycles. The zero-order valence-corrected chi connectivity index (χ0v) is 10.4. The van der Waals surface area contributed by atoms with E-state index in [4.69, 9.17) is 15.6 Å². The minimum Gasteiger partial charge on any atom is -0.465 e. The van der Waals surface area contributed by atoms with Gasteiger partial charge in [-0.2, -0.15) is 4.37 Å². The third kappa shape index (κ3) is 2.20. The molecule has 2 rings (SSSR count). The van der Waals surface area contributed by atoms with Crippen LogP contribution in [0.1, 0.15) is 16.8 Å². The lowest BCUT2D eigenvalue weighted by molar-refractivity contribution is 0.0603. The largest absolute Gasteiger partial charge is 0.465 e. The Bertz CT molecular complexity index is 421. The number of nitrogens with zero attached hydrogens (tertiary/aromatic N) is 2. The number of rotatable bonds is 3. The van der Waals surface area contributed by atoms with Crippen molar-refractivity contribution in [2.75, 3.05) is 37.4 Å². The van der Waals surface area contributed by atoms with Crippen molar-refractivity contribution >= 4 is 28.3 Å². The van der Waals surface area contributed by atoms with Crippen LogP contribution in [0.3, 0.4) is 0 Å². The van der Waals surface area contributed by atoms with E-state index in [1.807, 2.05) is 4.90 Å². The van der Waals surface area contributed by atoms with Gasteiger partial charge in [0.05, 0.1) is 7.11 Å². The van der Waals surface area contributed by atoms with Crippen LogP contribution in [0.15, 0.2) is 0 Å². The number of carbonyl (C=O) groups is 1.